The summed E-state index contributed by atoms with van der Waals surface area (Å²) >= 11 is 5.92. The van der Waals surface area contributed by atoms with Crippen LogP contribution >= 0.6 is 11.6 Å². The predicted octanol–water partition coefficient (Wildman–Crippen LogP) is 5.80. The van der Waals surface area contributed by atoms with Crippen LogP contribution in [0.1, 0.15) is 42.0 Å². The van der Waals surface area contributed by atoms with Crippen LogP contribution in [0.3, 0.4) is 0 Å². The number of carbonyl (C=O) groups excluding carboxylic acids is 2. The molecular formula is C28H26ClF3N2O3. The molecule has 3 aromatic rings. The van der Waals surface area contributed by atoms with Gasteiger partial charge in [-0.25, -0.2) is 13.2 Å². The molecule has 0 aromatic heterocycles. The van der Waals surface area contributed by atoms with Gasteiger partial charge in [-0.05, 0) is 59.5 Å². The summed E-state index contributed by atoms with van der Waals surface area (Å²) in [6, 6.07) is 16.2. The van der Waals surface area contributed by atoms with Crippen LogP contribution in [0.2, 0.25) is 5.02 Å². The van der Waals surface area contributed by atoms with E-state index in [1.165, 1.54) is 41.3 Å². The number of benzene rings is 3. The van der Waals surface area contributed by atoms with Gasteiger partial charge in [-0.3, -0.25) is 9.59 Å². The van der Waals surface area contributed by atoms with E-state index < -0.39 is 48.5 Å². The first-order chi connectivity index (χ1) is 17.6. The Morgan fingerprint density at radius 1 is 0.973 bits per heavy atom. The van der Waals surface area contributed by atoms with E-state index in [1.54, 1.807) is 36.4 Å². The number of rotatable bonds is 9. The summed E-state index contributed by atoms with van der Waals surface area (Å²) in [4.78, 5) is 28.2. The minimum absolute atomic E-state index is 0.0327. The molecule has 1 unspecified atom stereocenters. The number of hydrogen-bond donors (Lipinski definition) is 2. The third-order valence-electron chi connectivity index (χ3n) is 6.41. The molecule has 1 atom stereocenters. The minimum atomic E-state index is -2.92. The van der Waals surface area contributed by atoms with Gasteiger partial charge in [0, 0.05) is 36.9 Å². The molecule has 1 fully saturated rings. The van der Waals surface area contributed by atoms with Crippen LogP contribution in [0.4, 0.5) is 13.2 Å². The van der Waals surface area contributed by atoms with Gasteiger partial charge in [0.05, 0.1) is 0 Å². The molecule has 3 aromatic carbocycles. The number of phenols is 1. The van der Waals surface area contributed by atoms with Gasteiger partial charge >= 0.3 is 0 Å². The van der Waals surface area contributed by atoms with Crippen LogP contribution in [-0.4, -0.2) is 33.8 Å². The van der Waals surface area contributed by atoms with Crippen molar-refractivity contribution in [3.8, 4) is 5.75 Å². The molecule has 0 aliphatic heterocycles. The van der Waals surface area contributed by atoms with E-state index in [9.17, 15) is 27.9 Å². The third-order valence-corrected chi connectivity index (χ3v) is 6.66. The van der Waals surface area contributed by atoms with Gasteiger partial charge in [0.15, 0.2) is 0 Å². The first-order valence-corrected chi connectivity index (χ1v) is 12.2. The molecule has 1 aliphatic rings. The monoisotopic (exact) mass is 530 g/mol. The van der Waals surface area contributed by atoms with Gasteiger partial charge in [-0.1, -0.05) is 48.0 Å². The smallest absolute Gasteiger partial charge is 0.252 e. The second-order valence-corrected chi connectivity index (χ2v) is 9.62. The van der Waals surface area contributed by atoms with Crippen LogP contribution in [0.25, 0.3) is 0 Å². The summed E-state index contributed by atoms with van der Waals surface area (Å²) in [5.74, 6) is -4.39. The van der Waals surface area contributed by atoms with E-state index >= 15 is 0 Å². The second kappa shape index (κ2) is 11.3. The lowest BCUT2D eigenvalue weighted by molar-refractivity contribution is -0.164. The zero-order chi connectivity index (χ0) is 26.6. The van der Waals surface area contributed by atoms with Crippen molar-refractivity contribution in [1.29, 1.82) is 0 Å². The van der Waals surface area contributed by atoms with Crippen molar-refractivity contribution in [3.05, 3.63) is 100 Å². The zero-order valence-electron chi connectivity index (χ0n) is 19.8. The van der Waals surface area contributed by atoms with Crippen molar-refractivity contribution in [2.45, 2.75) is 50.2 Å². The van der Waals surface area contributed by atoms with Gasteiger partial charge in [0.1, 0.15) is 17.6 Å². The number of nitrogens with one attached hydrogen (secondary N) is 1. The Kier molecular flexibility index (Phi) is 8.07. The summed E-state index contributed by atoms with van der Waals surface area (Å²) in [6.45, 7) is 0.129. The van der Waals surface area contributed by atoms with E-state index in [4.69, 9.17) is 11.6 Å². The number of nitrogens with zero attached hydrogens (tertiary/aromatic N) is 1. The Morgan fingerprint density at radius 2 is 1.57 bits per heavy atom. The van der Waals surface area contributed by atoms with Crippen molar-refractivity contribution < 1.29 is 27.9 Å². The maximum absolute atomic E-state index is 13.9. The molecule has 1 saturated carbocycles. The first kappa shape index (κ1) is 26.5. The average molecular weight is 531 g/mol. The Balaban J connectivity index is 1.60. The highest BCUT2D eigenvalue weighted by Crippen LogP contribution is 2.43. The van der Waals surface area contributed by atoms with Gasteiger partial charge < -0.3 is 15.3 Å². The molecule has 0 heterocycles. The summed E-state index contributed by atoms with van der Waals surface area (Å²) in [6.07, 6.45) is -0.851. The molecule has 0 spiro atoms. The number of phenolic OH excluding ortho intramolecular Hbond substituents is 1. The number of amides is 2. The molecule has 5 nitrogen and oxygen atoms in total. The van der Waals surface area contributed by atoms with Crippen molar-refractivity contribution in [2.24, 2.45) is 0 Å². The van der Waals surface area contributed by atoms with Crippen LogP contribution in [0.15, 0.2) is 72.8 Å². The van der Waals surface area contributed by atoms with E-state index in [2.05, 4.69) is 5.32 Å². The van der Waals surface area contributed by atoms with Gasteiger partial charge in [0.2, 0.25) is 11.8 Å². The third kappa shape index (κ3) is 6.83. The largest absolute Gasteiger partial charge is 0.508 e. The van der Waals surface area contributed by atoms with E-state index in [-0.39, 0.29) is 18.7 Å². The van der Waals surface area contributed by atoms with Crippen LogP contribution in [0, 0.1) is 5.82 Å². The summed E-state index contributed by atoms with van der Waals surface area (Å²) in [5.41, 5.74) is 1.86. The highest BCUT2D eigenvalue weighted by atomic mass is 35.5. The van der Waals surface area contributed by atoms with E-state index in [0.717, 1.165) is 11.1 Å². The van der Waals surface area contributed by atoms with Crippen molar-refractivity contribution in [2.75, 3.05) is 0 Å². The van der Waals surface area contributed by atoms with E-state index in [0.29, 0.717) is 17.0 Å². The van der Waals surface area contributed by atoms with Gasteiger partial charge in [-0.15, -0.1) is 0 Å². The van der Waals surface area contributed by atoms with Crippen LogP contribution in [-0.2, 0) is 22.6 Å². The number of alkyl halides is 2. The Bertz CT molecular complexity index is 1230. The lowest BCUT2D eigenvalue weighted by Crippen LogP contribution is -2.56. The van der Waals surface area contributed by atoms with Crippen molar-refractivity contribution in [1.82, 2.24) is 10.2 Å². The molecule has 9 heteroatoms. The van der Waals surface area contributed by atoms with Crippen molar-refractivity contribution in [3.63, 3.8) is 0 Å². The second-order valence-electron chi connectivity index (χ2n) is 9.18. The SMILES string of the molecule is O=C(NCc1ccc(Cl)cc1)C(c1ccc(F)cc1)N(C(=O)CCc1ccc(O)cc1)C1CC(F)(F)C1. The van der Waals surface area contributed by atoms with Crippen LogP contribution in [0.5, 0.6) is 5.75 Å². The first-order valence-electron chi connectivity index (χ1n) is 11.9. The number of hydrogen-bond acceptors (Lipinski definition) is 3. The standard InChI is InChI=1S/C28H26ClF3N2O3/c29-21-8-1-19(2-9-21)17-33-27(37)26(20-6-10-22(30)11-7-20)34(23-15-28(31,32)16-23)25(36)14-5-18-3-12-24(35)13-4-18/h1-4,6-13,23,26,35H,5,14-17H2,(H,33,37). The quantitative estimate of drug-likeness (QED) is 0.367. The highest BCUT2D eigenvalue weighted by molar-refractivity contribution is 6.30. The molecule has 0 bridgehead atoms. The minimum Gasteiger partial charge on any atom is -0.508 e. The number of aromatic hydroxyl groups is 1. The predicted molar refractivity (Wildman–Crippen MR) is 134 cm³/mol. The molecule has 0 radical (unpaired) electrons. The van der Waals surface area contributed by atoms with Gasteiger partial charge in [0.25, 0.3) is 5.92 Å². The lowest BCUT2D eigenvalue weighted by Gasteiger charge is -2.45. The fraction of sp³-hybridized carbons (Fsp3) is 0.286. The van der Waals surface area contributed by atoms with Gasteiger partial charge in [-0.2, -0.15) is 0 Å². The maximum atomic E-state index is 13.9. The molecule has 4 rings (SSSR count). The molecule has 0 saturated heterocycles. The molecular weight excluding hydrogens is 505 g/mol. The topological polar surface area (TPSA) is 69.6 Å². The zero-order valence-corrected chi connectivity index (χ0v) is 20.6. The normalized spacial score (nSPS) is 15.5. The maximum Gasteiger partial charge on any atom is 0.252 e. The number of halogens is 4. The van der Waals surface area contributed by atoms with Crippen LogP contribution < -0.4 is 5.32 Å². The number of aryl methyl sites for hydroxylation is 1. The Hall–Kier alpha value is -3.52. The molecule has 1 aliphatic carbocycles. The average Bonchev–Trinajstić information content (AvgIpc) is 2.85. The molecule has 194 valence electrons. The molecule has 2 N–H and O–H groups in total. The summed E-state index contributed by atoms with van der Waals surface area (Å²) < 4.78 is 41.5. The Morgan fingerprint density at radius 3 is 2.16 bits per heavy atom. The lowest BCUT2D eigenvalue weighted by atomic mass is 9.84. The van der Waals surface area contributed by atoms with Crippen molar-refractivity contribution >= 4 is 23.4 Å². The molecule has 37 heavy (non-hydrogen) atoms. The number of carbonyl (C=O) groups is 2. The summed E-state index contributed by atoms with van der Waals surface area (Å²) in [5, 5.41) is 12.8. The Labute approximate surface area is 217 Å². The fourth-order valence-corrected chi connectivity index (χ4v) is 4.53. The van der Waals surface area contributed by atoms with E-state index in [1.807, 2.05) is 0 Å². The summed E-state index contributed by atoms with van der Waals surface area (Å²) in [7, 11) is 0. The fourth-order valence-electron chi connectivity index (χ4n) is 4.40. The highest BCUT2D eigenvalue weighted by Gasteiger charge is 2.51. The molecule has 2 amide bonds.